The van der Waals surface area contributed by atoms with E-state index in [4.69, 9.17) is 4.74 Å². The molecule has 0 spiro atoms. The molecule has 0 aliphatic rings. The van der Waals surface area contributed by atoms with Crippen molar-refractivity contribution in [1.82, 2.24) is 4.98 Å². The monoisotopic (exact) mass is 261 g/mol. The minimum Gasteiger partial charge on any atom is -0.466 e. The van der Waals surface area contributed by atoms with Gasteiger partial charge in [0.1, 0.15) is 5.82 Å². The molecule has 0 aromatic carbocycles. The summed E-state index contributed by atoms with van der Waals surface area (Å²) in [6.45, 7) is 2.03. The van der Waals surface area contributed by atoms with Crippen molar-refractivity contribution in [3.05, 3.63) is 28.2 Å². The molecule has 0 radical (unpaired) electrons. The lowest BCUT2D eigenvalue weighted by molar-refractivity contribution is -0.142. The number of pyridine rings is 1. The molecule has 1 heterocycles. The Balaban J connectivity index is 2.68. The van der Waals surface area contributed by atoms with Crippen molar-refractivity contribution in [3.8, 4) is 0 Å². The number of hydrogen-bond donors (Lipinski definition) is 0. The smallest absolute Gasteiger partial charge is 0.311 e. The number of halogens is 2. The average Bonchev–Trinajstić information content (AvgIpc) is 2.12. The quantitative estimate of drug-likeness (QED) is 0.783. The van der Waals surface area contributed by atoms with Crippen LogP contribution >= 0.6 is 15.9 Å². The number of nitrogens with zero attached hydrogens (tertiary/aromatic N) is 1. The van der Waals surface area contributed by atoms with Gasteiger partial charge in [-0.15, -0.1) is 0 Å². The third kappa shape index (κ3) is 3.06. The molecule has 0 fully saturated rings. The van der Waals surface area contributed by atoms with Crippen LogP contribution in [0.2, 0.25) is 0 Å². The third-order valence-corrected chi connectivity index (χ3v) is 2.08. The van der Waals surface area contributed by atoms with Crippen LogP contribution < -0.4 is 0 Å². The van der Waals surface area contributed by atoms with E-state index in [1.54, 1.807) is 6.92 Å². The second kappa shape index (κ2) is 5.05. The molecule has 76 valence electrons. The molecule has 0 bridgehead atoms. The van der Waals surface area contributed by atoms with Crippen LogP contribution in [0.1, 0.15) is 12.6 Å². The fourth-order valence-electron chi connectivity index (χ4n) is 0.910. The molecule has 1 rings (SSSR count). The van der Waals surface area contributed by atoms with Crippen LogP contribution in [-0.2, 0) is 16.0 Å². The van der Waals surface area contributed by atoms with E-state index in [1.807, 2.05) is 0 Å². The number of carbonyl (C=O) groups is 1. The SMILES string of the molecule is CCOC(=O)Cc1cc(F)c(Br)cn1. The first-order chi connectivity index (χ1) is 6.63. The van der Waals surface area contributed by atoms with Gasteiger partial charge in [0.05, 0.1) is 23.2 Å². The van der Waals surface area contributed by atoms with Gasteiger partial charge >= 0.3 is 5.97 Å². The fraction of sp³-hybridized carbons (Fsp3) is 0.333. The Morgan fingerprint density at radius 2 is 2.43 bits per heavy atom. The Bertz CT molecular complexity index is 344. The van der Waals surface area contributed by atoms with Crippen LogP contribution in [0.25, 0.3) is 0 Å². The van der Waals surface area contributed by atoms with E-state index in [9.17, 15) is 9.18 Å². The zero-order valence-electron chi connectivity index (χ0n) is 7.59. The van der Waals surface area contributed by atoms with Gasteiger partial charge in [0.25, 0.3) is 0 Å². The highest BCUT2D eigenvalue weighted by molar-refractivity contribution is 9.10. The topological polar surface area (TPSA) is 39.2 Å². The number of rotatable bonds is 3. The van der Waals surface area contributed by atoms with E-state index in [2.05, 4.69) is 20.9 Å². The molecule has 0 amide bonds. The molecule has 0 unspecified atom stereocenters. The lowest BCUT2D eigenvalue weighted by Crippen LogP contribution is -2.08. The zero-order chi connectivity index (χ0) is 10.6. The number of ether oxygens (including phenoxy) is 1. The molecule has 0 aliphatic heterocycles. The Labute approximate surface area is 89.4 Å². The fourth-order valence-corrected chi connectivity index (χ4v) is 1.13. The van der Waals surface area contributed by atoms with Crippen LogP contribution in [0, 0.1) is 5.82 Å². The number of aromatic nitrogens is 1. The third-order valence-electron chi connectivity index (χ3n) is 1.50. The molecule has 3 nitrogen and oxygen atoms in total. The van der Waals surface area contributed by atoms with Crippen molar-refractivity contribution < 1.29 is 13.9 Å². The largest absolute Gasteiger partial charge is 0.466 e. The summed E-state index contributed by atoms with van der Waals surface area (Å²) in [7, 11) is 0. The Morgan fingerprint density at radius 3 is 3.00 bits per heavy atom. The maximum Gasteiger partial charge on any atom is 0.311 e. The number of esters is 1. The summed E-state index contributed by atoms with van der Waals surface area (Å²) in [4.78, 5) is 14.9. The molecule has 1 aromatic rings. The maximum atomic E-state index is 13.0. The Kier molecular flexibility index (Phi) is 4.00. The van der Waals surface area contributed by atoms with Crippen molar-refractivity contribution in [1.29, 1.82) is 0 Å². The van der Waals surface area contributed by atoms with Crippen molar-refractivity contribution in [2.24, 2.45) is 0 Å². The summed E-state index contributed by atoms with van der Waals surface area (Å²) in [5.74, 6) is -0.832. The molecule has 1 aromatic heterocycles. The lowest BCUT2D eigenvalue weighted by atomic mass is 10.3. The Morgan fingerprint density at radius 1 is 1.71 bits per heavy atom. The van der Waals surface area contributed by atoms with Gasteiger partial charge in [0.2, 0.25) is 0 Å². The van der Waals surface area contributed by atoms with Gasteiger partial charge < -0.3 is 4.74 Å². The van der Waals surface area contributed by atoms with E-state index < -0.39 is 11.8 Å². The zero-order valence-corrected chi connectivity index (χ0v) is 9.17. The minimum atomic E-state index is -0.431. The first kappa shape index (κ1) is 11.1. The molecule has 14 heavy (non-hydrogen) atoms. The predicted octanol–water partition coefficient (Wildman–Crippen LogP) is 2.09. The molecule has 0 saturated heterocycles. The van der Waals surface area contributed by atoms with Crippen molar-refractivity contribution in [2.75, 3.05) is 6.61 Å². The van der Waals surface area contributed by atoms with E-state index >= 15 is 0 Å². The van der Waals surface area contributed by atoms with Gasteiger partial charge in [-0.2, -0.15) is 0 Å². The van der Waals surface area contributed by atoms with Gasteiger partial charge in [-0.1, -0.05) is 0 Å². The molecule has 5 heteroatoms. The van der Waals surface area contributed by atoms with Crippen LogP contribution in [0.4, 0.5) is 4.39 Å². The first-order valence-electron chi connectivity index (χ1n) is 4.09. The standard InChI is InChI=1S/C9H9BrFNO2/c1-2-14-9(13)4-6-3-8(11)7(10)5-12-6/h3,5H,2,4H2,1H3. The lowest BCUT2D eigenvalue weighted by Gasteiger charge is -2.01. The second-order valence-corrected chi connectivity index (χ2v) is 3.43. The normalized spacial score (nSPS) is 9.93. The van der Waals surface area contributed by atoms with Gasteiger partial charge in [-0.3, -0.25) is 9.78 Å². The van der Waals surface area contributed by atoms with Crippen LogP contribution in [-0.4, -0.2) is 17.6 Å². The van der Waals surface area contributed by atoms with Crippen molar-refractivity contribution >= 4 is 21.9 Å². The van der Waals surface area contributed by atoms with Gasteiger partial charge in [-0.05, 0) is 28.9 Å². The maximum absolute atomic E-state index is 13.0. The summed E-state index contributed by atoms with van der Waals surface area (Å²) in [5.41, 5.74) is 0.365. The summed E-state index contributed by atoms with van der Waals surface area (Å²) >= 11 is 2.97. The van der Waals surface area contributed by atoms with E-state index in [1.165, 1.54) is 12.3 Å². The van der Waals surface area contributed by atoms with Gasteiger partial charge in [0, 0.05) is 6.20 Å². The number of carbonyl (C=O) groups excluding carboxylic acids is 1. The first-order valence-corrected chi connectivity index (χ1v) is 4.88. The molecule has 0 saturated carbocycles. The molecule has 0 atom stereocenters. The predicted molar refractivity (Wildman–Crippen MR) is 52.2 cm³/mol. The van der Waals surface area contributed by atoms with E-state index in [0.717, 1.165) is 0 Å². The highest BCUT2D eigenvalue weighted by Crippen LogP contribution is 2.14. The molecule has 0 N–H and O–H groups in total. The van der Waals surface area contributed by atoms with Crippen LogP contribution in [0.5, 0.6) is 0 Å². The molecular weight excluding hydrogens is 253 g/mol. The van der Waals surface area contributed by atoms with Crippen molar-refractivity contribution in [3.63, 3.8) is 0 Å². The Hall–Kier alpha value is -0.970. The highest BCUT2D eigenvalue weighted by atomic mass is 79.9. The van der Waals surface area contributed by atoms with Crippen molar-refractivity contribution in [2.45, 2.75) is 13.3 Å². The van der Waals surface area contributed by atoms with E-state index in [0.29, 0.717) is 12.3 Å². The van der Waals surface area contributed by atoms with Gasteiger partial charge in [-0.25, -0.2) is 4.39 Å². The van der Waals surface area contributed by atoms with Crippen LogP contribution in [0.15, 0.2) is 16.7 Å². The van der Waals surface area contributed by atoms with Gasteiger partial charge in [0.15, 0.2) is 0 Å². The summed E-state index contributed by atoms with van der Waals surface area (Å²) in [6, 6.07) is 1.21. The summed E-state index contributed by atoms with van der Waals surface area (Å²) < 4.78 is 18.0. The second-order valence-electron chi connectivity index (χ2n) is 2.57. The van der Waals surface area contributed by atoms with E-state index in [-0.39, 0.29) is 10.9 Å². The number of hydrogen-bond acceptors (Lipinski definition) is 3. The minimum absolute atomic E-state index is 0.00194. The average molecular weight is 262 g/mol. The summed E-state index contributed by atoms with van der Waals surface area (Å²) in [6.07, 6.45) is 1.32. The molecular formula is C9H9BrFNO2. The summed E-state index contributed by atoms with van der Waals surface area (Å²) in [5, 5.41) is 0. The molecule has 0 aliphatic carbocycles. The highest BCUT2D eigenvalue weighted by Gasteiger charge is 2.07. The van der Waals surface area contributed by atoms with Crippen LogP contribution in [0.3, 0.4) is 0 Å².